The molecule has 2 N–H and O–H groups in total. The van der Waals surface area contributed by atoms with Gasteiger partial charge in [-0.05, 0) is 48.9 Å². The first-order valence-corrected chi connectivity index (χ1v) is 12.7. The number of anilines is 1. The third-order valence-electron chi connectivity index (χ3n) is 4.35. The van der Waals surface area contributed by atoms with Gasteiger partial charge in [-0.2, -0.15) is 11.3 Å². The van der Waals surface area contributed by atoms with Crippen molar-refractivity contribution in [1.82, 2.24) is 9.71 Å². The molecule has 0 spiro atoms. The second kappa shape index (κ2) is 10.2. The fourth-order valence-electron chi connectivity index (χ4n) is 2.80. The first-order valence-electron chi connectivity index (χ1n) is 9.36. The molecule has 156 valence electrons. The Labute approximate surface area is 180 Å². The Morgan fingerprint density at radius 1 is 1.10 bits per heavy atom. The molecule has 0 unspecified atom stereocenters. The molecule has 0 aliphatic heterocycles. The van der Waals surface area contributed by atoms with Crippen LogP contribution >= 0.6 is 22.7 Å². The Morgan fingerprint density at radius 3 is 2.69 bits per heavy atom. The Morgan fingerprint density at radius 2 is 1.93 bits per heavy atom. The van der Waals surface area contributed by atoms with E-state index < -0.39 is 10.0 Å². The summed E-state index contributed by atoms with van der Waals surface area (Å²) in [5.41, 5.74) is 3.03. The molecular weight excluding hydrogens is 426 g/mol. The van der Waals surface area contributed by atoms with E-state index in [-0.39, 0.29) is 4.90 Å². The minimum Gasteiger partial charge on any atom is -0.495 e. The molecule has 9 heteroatoms. The third-order valence-corrected chi connectivity index (χ3v) is 7.32. The molecule has 0 saturated carbocycles. The van der Waals surface area contributed by atoms with E-state index >= 15 is 0 Å². The van der Waals surface area contributed by atoms with Crippen LogP contribution in [0.4, 0.5) is 5.13 Å². The Bertz CT molecular complexity index is 1010. The lowest BCUT2D eigenvalue weighted by molar-refractivity contribution is 0.402. The summed E-state index contributed by atoms with van der Waals surface area (Å²) in [6, 6.07) is 7.20. The average Bonchev–Trinajstić information content (AvgIpc) is 3.39. The number of aryl methyl sites for hydroxylation is 1. The minimum absolute atomic E-state index is 0.187. The number of nitrogens with one attached hydrogen (secondary N) is 2. The first-order chi connectivity index (χ1) is 14.0. The van der Waals surface area contributed by atoms with Crippen LogP contribution in [0.1, 0.15) is 24.8 Å². The van der Waals surface area contributed by atoms with Gasteiger partial charge in [-0.1, -0.05) is 12.5 Å². The Hall–Kier alpha value is -1.94. The molecule has 0 aliphatic carbocycles. The number of hydrogen-bond donors (Lipinski definition) is 2. The SMILES string of the molecule is COc1ccc(C)cc1S(=O)(=O)NCCCCCNc1nc(-c2ccsc2)cs1. The van der Waals surface area contributed by atoms with Crippen molar-refractivity contribution in [3.05, 3.63) is 46.0 Å². The molecule has 0 fully saturated rings. The molecule has 2 aromatic heterocycles. The van der Waals surface area contributed by atoms with E-state index in [1.165, 1.54) is 7.11 Å². The number of aromatic nitrogens is 1. The van der Waals surface area contributed by atoms with E-state index in [2.05, 4.69) is 31.8 Å². The van der Waals surface area contributed by atoms with E-state index in [1.54, 1.807) is 34.8 Å². The van der Waals surface area contributed by atoms with Crippen molar-refractivity contribution < 1.29 is 13.2 Å². The Kier molecular flexibility index (Phi) is 7.65. The van der Waals surface area contributed by atoms with Crippen LogP contribution in [0, 0.1) is 6.92 Å². The molecule has 0 atom stereocenters. The molecule has 0 radical (unpaired) electrons. The zero-order valence-corrected chi connectivity index (χ0v) is 18.9. The average molecular weight is 452 g/mol. The number of benzene rings is 1. The molecule has 1 aromatic carbocycles. The van der Waals surface area contributed by atoms with Crippen molar-refractivity contribution >= 4 is 37.8 Å². The summed E-state index contributed by atoms with van der Waals surface area (Å²) in [6.45, 7) is 3.07. The van der Waals surface area contributed by atoms with Gasteiger partial charge in [0.15, 0.2) is 5.13 Å². The number of methoxy groups -OCH3 is 1. The second-order valence-corrected chi connectivity index (χ2v) is 9.96. The molecule has 29 heavy (non-hydrogen) atoms. The predicted octanol–water partition coefficient (Wildman–Crippen LogP) is 4.75. The zero-order chi connectivity index (χ0) is 20.7. The fourth-order valence-corrected chi connectivity index (χ4v) is 5.52. The number of thiophene rings is 1. The summed E-state index contributed by atoms with van der Waals surface area (Å²) < 4.78 is 32.9. The van der Waals surface area contributed by atoms with E-state index in [9.17, 15) is 8.42 Å². The molecule has 0 bridgehead atoms. The smallest absolute Gasteiger partial charge is 0.244 e. The summed E-state index contributed by atoms with van der Waals surface area (Å²) in [5, 5.41) is 10.4. The number of thiazole rings is 1. The summed E-state index contributed by atoms with van der Waals surface area (Å²) in [5.74, 6) is 0.359. The highest BCUT2D eigenvalue weighted by atomic mass is 32.2. The van der Waals surface area contributed by atoms with Crippen LogP contribution in [0.25, 0.3) is 11.3 Å². The molecular formula is C20H25N3O3S3. The van der Waals surface area contributed by atoms with Gasteiger partial charge in [0.1, 0.15) is 10.6 Å². The predicted molar refractivity (Wildman–Crippen MR) is 121 cm³/mol. The monoisotopic (exact) mass is 451 g/mol. The lowest BCUT2D eigenvalue weighted by Gasteiger charge is -2.11. The van der Waals surface area contributed by atoms with Gasteiger partial charge in [0.05, 0.1) is 12.8 Å². The highest BCUT2D eigenvalue weighted by Crippen LogP contribution is 2.26. The van der Waals surface area contributed by atoms with Gasteiger partial charge in [0, 0.05) is 29.4 Å². The molecule has 0 aliphatic rings. The molecule has 3 aromatic rings. The van der Waals surface area contributed by atoms with Gasteiger partial charge in [-0.15, -0.1) is 11.3 Å². The molecule has 6 nitrogen and oxygen atoms in total. The fraction of sp³-hybridized carbons (Fsp3) is 0.350. The minimum atomic E-state index is -3.58. The second-order valence-electron chi connectivity index (χ2n) is 6.59. The van der Waals surface area contributed by atoms with Crippen LogP contribution in [0.3, 0.4) is 0 Å². The number of rotatable bonds is 11. The molecule has 2 heterocycles. The van der Waals surface area contributed by atoms with Crippen LogP contribution < -0.4 is 14.8 Å². The summed E-state index contributed by atoms with van der Waals surface area (Å²) in [6.07, 6.45) is 2.64. The van der Waals surface area contributed by atoms with Gasteiger partial charge in [0.2, 0.25) is 10.0 Å². The van der Waals surface area contributed by atoms with Crippen LogP contribution in [0.15, 0.2) is 45.3 Å². The van der Waals surface area contributed by atoms with E-state index in [0.29, 0.717) is 12.3 Å². The van der Waals surface area contributed by atoms with Gasteiger partial charge < -0.3 is 10.1 Å². The van der Waals surface area contributed by atoms with Gasteiger partial charge in [-0.25, -0.2) is 18.1 Å². The van der Waals surface area contributed by atoms with Gasteiger partial charge >= 0.3 is 0 Å². The van der Waals surface area contributed by atoms with Crippen LogP contribution in [0.5, 0.6) is 5.75 Å². The number of nitrogens with zero attached hydrogens (tertiary/aromatic N) is 1. The van der Waals surface area contributed by atoms with Crippen LogP contribution in [-0.4, -0.2) is 33.6 Å². The molecule has 0 saturated heterocycles. The standard InChI is InChI=1S/C20H25N3O3S3/c1-15-6-7-18(26-2)19(12-15)29(24,25)22-10-5-3-4-9-21-20-23-17(14-28-20)16-8-11-27-13-16/h6-8,11-14,22H,3-5,9-10H2,1-2H3,(H,21,23). The summed E-state index contributed by atoms with van der Waals surface area (Å²) >= 11 is 3.26. The van der Waals surface area contributed by atoms with Gasteiger partial charge in [-0.3, -0.25) is 0 Å². The van der Waals surface area contributed by atoms with Gasteiger partial charge in [0.25, 0.3) is 0 Å². The van der Waals surface area contributed by atoms with Crippen LogP contribution in [-0.2, 0) is 10.0 Å². The van der Waals surface area contributed by atoms with E-state index in [0.717, 1.165) is 47.8 Å². The lowest BCUT2D eigenvalue weighted by atomic mass is 10.2. The molecule has 3 rings (SSSR count). The lowest BCUT2D eigenvalue weighted by Crippen LogP contribution is -2.25. The topological polar surface area (TPSA) is 80.3 Å². The summed E-state index contributed by atoms with van der Waals surface area (Å²) in [4.78, 5) is 4.77. The maximum atomic E-state index is 12.5. The number of sulfonamides is 1. The number of ether oxygens (including phenoxy) is 1. The quantitative estimate of drug-likeness (QED) is 0.411. The molecule has 0 amide bonds. The van der Waals surface area contributed by atoms with Crippen molar-refractivity contribution in [3.63, 3.8) is 0 Å². The van der Waals surface area contributed by atoms with Crippen molar-refractivity contribution in [2.75, 3.05) is 25.5 Å². The zero-order valence-electron chi connectivity index (χ0n) is 16.5. The Balaban J connectivity index is 1.37. The van der Waals surface area contributed by atoms with Crippen molar-refractivity contribution in [1.29, 1.82) is 0 Å². The summed E-state index contributed by atoms with van der Waals surface area (Å²) in [7, 11) is -2.10. The first kappa shape index (κ1) is 21.8. The van der Waals surface area contributed by atoms with E-state index in [1.807, 2.05) is 18.4 Å². The van der Waals surface area contributed by atoms with Crippen molar-refractivity contribution in [2.24, 2.45) is 0 Å². The van der Waals surface area contributed by atoms with Crippen molar-refractivity contribution in [2.45, 2.75) is 31.1 Å². The number of hydrogen-bond acceptors (Lipinski definition) is 7. The van der Waals surface area contributed by atoms with Crippen LogP contribution in [0.2, 0.25) is 0 Å². The highest BCUT2D eigenvalue weighted by Gasteiger charge is 2.18. The van der Waals surface area contributed by atoms with Crippen molar-refractivity contribution in [3.8, 4) is 17.0 Å². The maximum Gasteiger partial charge on any atom is 0.244 e. The van der Waals surface area contributed by atoms with E-state index in [4.69, 9.17) is 4.74 Å². The largest absolute Gasteiger partial charge is 0.495 e. The maximum absolute atomic E-state index is 12.5. The highest BCUT2D eigenvalue weighted by molar-refractivity contribution is 7.89. The normalized spacial score (nSPS) is 11.5. The third kappa shape index (κ3) is 6.02. The number of unbranched alkanes of at least 4 members (excludes halogenated alkanes) is 2.